The molecule has 136 valence electrons. The molecule has 2 atom stereocenters. The Hall–Kier alpha value is -3.42. The highest BCUT2D eigenvalue weighted by Gasteiger charge is 2.43. The van der Waals surface area contributed by atoms with Crippen LogP contribution in [0.5, 0.6) is 5.75 Å². The zero-order valence-electron chi connectivity index (χ0n) is 14.8. The molecule has 0 saturated carbocycles. The molecular formula is C20H17FN4O2. The lowest BCUT2D eigenvalue weighted by Gasteiger charge is -2.42. The molecule has 7 heteroatoms. The van der Waals surface area contributed by atoms with Crippen LogP contribution in [0.1, 0.15) is 36.6 Å². The molecule has 0 saturated heterocycles. The van der Waals surface area contributed by atoms with E-state index in [4.69, 9.17) is 10.00 Å². The van der Waals surface area contributed by atoms with Gasteiger partial charge in [0.05, 0.1) is 23.2 Å². The standard InChI is InChI=1S/C20H17FN4O2/c1-20(2)18(26)17(14-9-12(10-22)7-8-16(14)27-20)25-19(24-11-23)13-5-3-4-6-15(13)21/h3-9,17-18,26H,1-2H3,(H,24,25). The fourth-order valence-electron chi connectivity index (χ4n) is 3.05. The van der Waals surface area contributed by atoms with Crippen molar-refractivity contribution >= 4 is 5.84 Å². The van der Waals surface area contributed by atoms with E-state index in [1.807, 2.05) is 6.07 Å². The van der Waals surface area contributed by atoms with Crippen molar-refractivity contribution in [2.45, 2.75) is 31.6 Å². The van der Waals surface area contributed by atoms with Crippen LogP contribution in [-0.2, 0) is 0 Å². The Balaban J connectivity index is 2.09. The molecule has 3 rings (SSSR count). The number of aliphatic hydroxyl groups excluding tert-OH is 1. The van der Waals surface area contributed by atoms with E-state index in [1.54, 1.807) is 44.3 Å². The summed E-state index contributed by atoms with van der Waals surface area (Å²) in [4.78, 5) is 3.70. The van der Waals surface area contributed by atoms with Crippen molar-refractivity contribution in [1.82, 2.24) is 5.32 Å². The number of rotatable bonds is 2. The van der Waals surface area contributed by atoms with Crippen LogP contribution >= 0.6 is 0 Å². The third-order valence-electron chi connectivity index (χ3n) is 4.46. The minimum absolute atomic E-state index is 0.00865. The molecule has 2 unspecified atom stereocenters. The number of aliphatic hydroxyl groups is 1. The predicted octanol–water partition coefficient (Wildman–Crippen LogP) is 2.79. The Bertz CT molecular complexity index is 988. The maximum absolute atomic E-state index is 14.2. The molecule has 0 aliphatic carbocycles. The van der Waals surface area contributed by atoms with Gasteiger partial charge in [-0.3, -0.25) is 0 Å². The molecule has 2 aromatic carbocycles. The minimum Gasteiger partial charge on any atom is -0.485 e. The lowest BCUT2D eigenvalue weighted by atomic mass is 9.85. The number of benzene rings is 2. The van der Waals surface area contributed by atoms with Gasteiger partial charge in [-0.15, -0.1) is 0 Å². The molecule has 1 heterocycles. The third kappa shape index (κ3) is 3.46. The van der Waals surface area contributed by atoms with Gasteiger partial charge in [-0.05, 0) is 44.2 Å². The van der Waals surface area contributed by atoms with E-state index in [-0.39, 0.29) is 11.4 Å². The van der Waals surface area contributed by atoms with Gasteiger partial charge in [0.15, 0.2) is 0 Å². The van der Waals surface area contributed by atoms with Gasteiger partial charge in [0.2, 0.25) is 6.19 Å². The van der Waals surface area contributed by atoms with Gasteiger partial charge in [0.1, 0.15) is 29.1 Å². The lowest BCUT2D eigenvalue weighted by molar-refractivity contribution is -0.0610. The van der Waals surface area contributed by atoms with Crippen LogP contribution in [0.3, 0.4) is 0 Å². The van der Waals surface area contributed by atoms with Crippen LogP contribution in [0.25, 0.3) is 0 Å². The zero-order valence-corrected chi connectivity index (χ0v) is 14.8. The number of hydrogen-bond donors (Lipinski definition) is 2. The van der Waals surface area contributed by atoms with Crippen LogP contribution in [0.15, 0.2) is 47.5 Å². The highest BCUT2D eigenvalue weighted by atomic mass is 19.1. The second-order valence-corrected chi connectivity index (χ2v) is 6.68. The van der Waals surface area contributed by atoms with Crippen molar-refractivity contribution in [3.8, 4) is 18.0 Å². The van der Waals surface area contributed by atoms with Gasteiger partial charge in [-0.25, -0.2) is 4.39 Å². The van der Waals surface area contributed by atoms with Crippen LogP contribution in [0, 0.1) is 28.6 Å². The quantitative estimate of drug-likeness (QED) is 0.485. The highest BCUT2D eigenvalue weighted by molar-refractivity contribution is 5.99. The summed E-state index contributed by atoms with van der Waals surface area (Å²) in [6.45, 7) is 3.44. The molecule has 6 nitrogen and oxygen atoms in total. The maximum atomic E-state index is 14.2. The fraction of sp³-hybridized carbons (Fsp3) is 0.250. The molecule has 0 bridgehead atoms. The number of halogens is 1. The lowest BCUT2D eigenvalue weighted by Crippen LogP contribution is -2.53. The number of ether oxygens (including phenoxy) is 1. The summed E-state index contributed by atoms with van der Waals surface area (Å²) in [6, 6.07) is 12.1. The molecule has 0 spiro atoms. The Labute approximate surface area is 156 Å². The summed E-state index contributed by atoms with van der Waals surface area (Å²) < 4.78 is 20.1. The Kier molecular flexibility index (Phi) is 4.81. The van der Waals surface area contributed by atoms with Gasteiger partial charge in [-0.1, -0.05) is 12.1 Å². The summed E-state index contributed by atoms with van der Waals surface area (Å²) in [7, 11) is 0. The number of nitrogens with one attached hydrogen (secondary N) is 1. The Morgan fingerprint density at radius 1 is 1.26 bits per heavy atom. The number of amidine groups is 1. The van der Waals surface area contributed by atoms with E-state index in [9.17, 15) is 14.8 Å². The van der Waals surface area contributed by atoms with E-state index >= 15 is 0 Å². The molecule has 0 fully saturated rings. The average molecular weight is 364 g/mol. The first-order chi connectivity index (χ1) is 12.9. The van der Waals surface area contributed by atoms with Crippen LogP contribution in [-0.4, -0.2) is 22.6 Å². The number of fused-ring (bicyclic) bond motifs is 1. The van der Waals surface area contributed by atoms with Crippen molar-refractivity contribution < 1.29 is 14.2 Å². The summed E-state index contributed by atoms with van der Waals surface area (Å²) >= 11 is 0. The highest BCUT2D eigenvalue weighted by Crippen LogP contribution is 2.40. The van der Waals surface area contributed by atoms with Gasteiger partial charge < -0.3 is 15.2 Å². The number of nitriles is 2. The summed E-state index contributed by atoms with van der Waals surface area (Å²) in [5.41, 5.74) is 0.0725. The van der Waals surface area contributed by atoms with E-state index in [0.717, 1.165) is 0 Å². The molecule has 27 heavy (non-hydrogen) atoms. The van der Waals surface area contributed by atoms with Crippen LogP contribution in [0.4, 0.5) is 4.39 Å². The van der Waals surface area contributed by atoms with E-state index < -0.39 is 23.6 Å². The van der Waals surface area contributed by atoms with Crippen molar-refractivity contribution in [3.05, 3.63) is 65.0 Å². The van der Waals surface area contributed by atoms with Gasteiger partial charge >= 0.3 is 0 Å². The average Bonchev–Trinajstić information content (AvgIpc) is 2.64. The second-order valence-electron chi connectivity index (χ2n) is 6.68. The smallest absolute Gasteiger partial charge is 0.207 e. The van der Waals surface area contributed by atoms with E-state index in [0.29, 0.717) is 16.9 Å². The van der Waals surface area contributed by atoms with Crippen LogP contribution < -0.4 is 10.1 Å². The molecule has 0 radical (unpaired) electrons. The van der Waals surface area contributed by atoms with Crippen molar-refractivity contribution in [2.75, 3.05) is 0 Å². The third-order valence-corrected chi connectivity index (χ3v) is 4.46. The Morgan fingerprint density at radius 2 is 2.00 bits per heavy atom. The largest absolute Gasteiger partial charge is 0.485 e. The van der Waals surface area contributed by atoms with Crippen molar-refractivity contribution in [1.29, 1.82) is 10.5 Å². The van der Waals surface area contributed by atoms with Crippen molar-refractivity contribution in [3.63, 3.8) is 0 Å². The zero-order chi connectivity index (χ0) is 19.6. The van der Waals surface area contributed by atoms with E-state index in [2.05, 4.69) is 10.3 Å². The van der Waals surface area contributed by atoms with Gasteiger partial charge in [-0.2, -0.15) is 15.5 Å². The molecule has 0 amide bonds. The first kappa shape index (κ1) is 18.4. The topological polar surface area (TPSA) is 101 Å². The maximum Gasteiger partial charge on any atom is 0.207 e. The first-order valence-electron chi connectivity index (χ1n) is 8.26. The number of hydrogen-bond acceptors (Lipinski definition) is 5. The SMILES string of the molecule is CC1(C)Oc2ccc(C#N)cc2C(NC(=NC#N)c2ccccc2F)C1O. The normalized spacial score (nSPS) is 20.6. The first-order valence-corrected chi connectivity index (χ1v) is 8.26. The molecule has 0 aromatic heterocycles. The van der Waals surface area contributed by atoms with Crippen molar-refractivity contribution in [2.24, 2.45) is 4.99 Å². The molecule has 2 aromatic rings. The molecule has 1 aliphatic heterocycles. The molecule has 1 aliphatic rings. The van der Waals surface area contributed by atoms with Crippen LogP contribution in [0.2, 0.25) is 0 Å². The summed E-state index contributed by atoms with van der Waals surface area (Å²) in [5.74, 6) is -0.0666. The number of aliphatic imine (C=N–C) groups is 1. The summed E-state index contributed by atoms with van der Waals surface area (Å²) in [5, 5.41) is 32.0. The molecular weight excluding hydrogens is 347 g/mol. The minimum atomic E-state index is -1.05. The Morgan fingerprint density at radius 3 is 2.67 bits per heavy atom. The monoisotopic (exact) mass is 364 g/mol. The fourth-order valence-corrected chi connectivity index (χ4v) is 3.05. The predicted molar refractivity (Wildman–Crippen MR) is 96.3 cm³/mol. The summed E-state index contributed by atoms with van der Waals surface area (Å²) in [6.07, 6.45) is 0.612. The van der Waals surface area contributed by atoms with Gasteiger partial charge in [0, 0.05) is 5.56 Å². The van der Waals surface area contributed by atoms with Gasteiger partial charge in [0.25, 0.3) is 0 Å². The molecule has 2 N–H and O–H groups in total. The van der Waals surface area contributed by atoms with E-state index in [1.165, 1.54) is 18.2 Å². The second kappa shape index (κ2) is 7.06. The number of nitrogens with zero attached hydrogens (tertiary/aromatic N) is 3.